The minimum atomic E-state index is 0.274. The average Bonchev–Trinajstić information content (AvgIpc) is 2.91. The van der Waals surface area contributed by atoms with E-state index in [1.807, 2.05) is 18.2 Å². The first-order valence-electron chi connectivity index (χ1n) is 8.90. The summed E-state index contributed by atoms with van der Waals surface area (Å²) in [4.78, 5) is 5.42. The fourth-order valence-corrected chi connectivity index (χ4v) is 3.35. The molecule has 27 heavy (non-hydrogen) atoms. The van der Waals surface area contributed by atoms with Crippen molar-refractivity contribution in [1.29, 1.82) is 5.26 Å². The van der Waals surface area contributed by atoms with Gasteiger partial charge in [-0.1, -0.05) is 29.4 Å². The van der Waals surface area contributed by atoms with Crippen LogP contribution in [-0.2, 0) is 11.4 Å². The van der Waals surface area contributed by atoms with Crippen LogP contribution in [0.5, 0.6) is 0 Å². The maximum Gasteiger partial charge on any atom is 0.143 e. The normalized spacial score (nSPS) is 10.9. The second-order valence-electron chi connectivity index (χ2n) is 6.78. The molecule has 1 aromatic heterocycles. The standard InChI is InChI=1S/C23H23N3O/c1-16-9-17(2)11-23(10-16)26-18(3)12-22(19(26)4)14-25-27-15-21-8-6-5-7-20(21)13-24/h5-12,14H,15H2,1-4H3/b25-14-. The molecule has 4 nitrogen and oxygen atoms in total. The van der Waals surface area contributed by atoms with Crippen LogP contribution in [0, 0.1) is 39.0 Å². The van der Waals surface area contributed by atoms with E-state index in [9.17, 15) is 0 Å². The molecule has 0 atom stereocenters. The van der Waals surface area contributed by atoms with Gasteiger partial charge in [0.25, 0.3) is 0 Å². The Hall–Kier alpha value is -3.32. The zero-order chi connectivity index (χ0) is 19.4. The number of aryl methyl sites for hydroxylation is 3. The van der Waals surface area contributed by atoms with Crippen molar-refractivity contribution < 1.29 is 4.84 Å². The Labute approximate surface area is 160 Å². The lowest BCUT2D eigenvalue weighted by molar-refractivity contribution is 0.132. The van der Waals surface area contributed by atoms with Crippen LogP contribution in [0.3, 0.4) is 0 Å². The number of rotatable bonds is 5. The van der Waals surface area contributed by atoms with E-state index in [1.54, 1.807) is 12.3 Å². The highest BCUT2D eigenvalue weighted by molar-refractivity contribution is 5.81. The van der Waals surface area contributed by atoms with Gasteiger partial charge in [-0.3, -0.25) is 0 Å². The lowest BCUT2D eigenvalue weighted by atomic mass is 10.1. The van der Waals surface area contributed by atoms with Crippen LogP contribution in [0.1, 0.15) is 39.2 Å². The van der Waals surface area contributed by atoms with Gasteiger partial charge in [-0.2, -0.15) is 5.26 Å². The van der Waals surface area contributed by atoms with E-state index < -0.39 is 0 Å². The molecule has 0 fully saturated rings. The number of nitrogens with zero attached hydrogens (tertiary/aromatic N) is 3. The van der Waals surface area contributed by atoms with Crippen LogP contribution in [0.2, 0.25) is 0 Å². The first kappa shape index (κ1) is 18.5. The molecular weight excluding hydrogens is 334 g/mol. The molecule has 0 saturated carbocycles. The molecule has 0 N–H and O–H groups in total. The van der Waals surface area contributed by atoms with Gasteiger partial charge in [0.05, 0.1) is 17.8 Å². The monoisotopic (exact) mass is 357 g/mol. The van der Waals surface area contributed by atoms with Gasteiger partial charge in [0.2, 0.25) is 0 Å². The van der Waals surface area contributed by atoms with E-state index in [-0.39, 0.29) is 6.61 Å². The number of hydrogen-bond donors (Lipinski definition) is 0. The Morgan fingerprint density at radius 3 is 2.44 bits per heavy atom. The van der Waals surface area contributed by atoms with Gasteiger partial charge in [-0.05, 0) is 63.1 Å². The quantitative estimate of drug-likeness (QED) is 0.469. The third-order valence-electron chi connectivity index (χ3n) is 4.56. The molecule has 4 heteroatoms. The largest absolute Gasteiger partial charge is 0.391 e. The summed E-state index contributed by atoms with van der Waals surface area (Å²) in [6.07, 6.45) is 1.73. The maximum absolute atomic E-state index is 9.12. The summed E-state index contributed by atoms with van der Waals surface area (Å²) in [6.45, 7) is 8.67. The molecule has 0 spiro atoms. The summed E-state index contributed by atoms with van der Waals surface area (Å²) in [6, 6.07) is 18.2. The minimum absolute atomic E-state index is 0.274. The SMILES string of the molecule is Cc1cc(C)cc(-n2c(C)cc(/C=N\OCc3ccccc3C#N)c2C)c1. The van der Waals surface area contributed by atoms with Crippen LogP contribution < -0.4 is 0 Å². The van der Waals surface area contributed by atoms with Gasteiger partial charge in [0.1, 0.15) is 6.61 Å². The molecule has 3 aromatic rings. The smallest absolute Gasteiger partial charge is 0.143 e. The van der Waals surface area contributed by atoms with Crippen molar-refractivity contribution in [2.45, 2.75) is 34.3 Å². The first-order chi connectivity index (χ1) is 13.0. The van der Waals surface area contributed by atoms with Crippen molar-refractivity contribution >= 4 is 6.21 Å². The number of oxime groups is 1. The number of benzene rings is 2. The Morgan fingerprint density at radius 2 is 1.74 bits per heavy atom. The first-order valence-corrected chi connectivity index (χ1v) is 8.90. The van der Waals surface area contributed by atoms with E-state index >= 15 is 0 Å². The molecule has 0 bridgehead atoms. The number of nitriles is 1. The van der Waals surface area contributed by atoms with Gasteiger partial charge in [-0.25, -0.2) is 0 Å². The van der Waals surface area contributed by atoms with E-state index in [1.165, 1.54) is 11.1 Å². The topological polar surface area (TPSA) is 50.3 Å². The third-order valence-corrected chi connectivity index (χ3v) is 4.56. The van der Waals surface area contributed by atoms with E-state index in [2.05, 4.69) is 67.8 Å². The van der Waals surface area contributed by atoms with E-state index in [0.29, 0.717) is 5.56 Å². The van der Waals surface area contributed by atoms with Gasteiger partial charge in [0, 0.05) is 28.2 Å². The highest BCUT2D eigenvalue weighted by atomic mass is 16.6. The second-order valence-corrected chi connectivity index (χ2v) is 6.78. The van der Waals surface area contributed by atoms with Crippen molar-refractivity contribution in [3.63, 3.8) is 0 Å². The zero-order valence-electron chi connectivity index (χ0n) is 16.2. The van der Waals surface area contributed by atoms with Crippen LogP contribution in [0.4, 0.5) is 0 Å². The molecule has 0 unspecified atom stereocenters. The Bertz CT molecular complexity index is 1020. The minimum Gasteiger partial charge on any atom is -0.391 e. The predicted molar refractivity (Wildman–Crippen MR) is 108 cm³/mol. The summed E-state index contributed by atoms with van der Waals surface area (Å²) >= 11 is 0. The molecule has 0 aliphatic rings. The molecule has 0 aliphatic heterocycles. The maximum atomic E-state index is 9.12. The summed E-state index contributed by atoms with van der Waals surface area (Å²) in [7, 11) is 0. The van der Waals surface area contributed by atoms with Crippen molar-refractivity contribution in [2.24, 2.45) is 5.16 Å². The summed E-state index contributed by atoms with van der Waals surface area (Å²) in [5, 5.41) is 13.2. The molecule has 0 saturated heterocycles. The number of aromatic nitrogens is 1. The summed E-state index contributed by atoms with van der Waals surface area (Å²) in [5.41, 5.74) is 8.36. The molecular formula is C23H23N3O. The zero-order valence-corrected chi connectivity index (χ0v) is 16.2. The van der Waals surface area contributed by atoms with Crippen molar-refractivity contribution in [1.82, 2.24) is 4.57 Å². The van der Waals surface area contributed by atoms with Crippen LogP contribution in [0.25, 0.3) is 5.69 Å². The van der Waals surface area contributed by atoms with Gasteiger partial charge < -0.3 is 9.40 Å². The number of hydrogen-bond acceptors (Lipinski definition) is 3. The molecule has 0 radical (unpaired) electrons. The molecule has 2 aromatic carbocycles. The van der Waals surface area contributed by atoms with E-state index in [4.69, 9.17) is 10.1 Å². The highest BCUT2D eigenvalue weighted by Crippen LogP contribution is 2.22. The Morgan fingerprint density at radius 1 is 1.04 bits per heavy atom. The van der Waals surface area contributed by atoms with Gasteiger partial charge in [0.15, 0.2) is 0 Å². The molecule has 0 aliphatic carbocycles. The van der Waals surface area contributed by atoms with Gasteiger partial charge in [-0.15, -0.1) is 0 Å². The molecule has 3 rings (SSSR count). The Balaban J connectivity index is 1.78. The fourth-order valence-electron chi connectivity index (χ4n) is 3.35. The highest BCUT2D eigenvalue weighted by Gasteiger charge is 2.10. The summed E-state index contributed by atoms with van der Waals surface area (Å²) < 4.78 is 2.23. The molecule has 1 heterocycles. The molecule has 0 amide bonds. The third kappa shape index (κ3) is 4.09. The molecule has 136 valence electrons. The van der Waals surface area contributed by atoms with Crippen LogP contribution in [-0.4, -0.2) is 10.8 Å². The van der Waals surface area contributed by atoms with Crippen molar-refractivity contribution in [2.75, 3.05) is 0 Å². The van der Waals surface area contributed by atoms with Crippen molar-refractivity contribution in [3.05, 3.63) is 87.7 Å². The summed E-state index contributed by atoms with van der Waals surface area (Å²) in [5.74, 6) is 0. The second kappa shape index (κ2) is 7.92. The van der Waals surface area contributed by atoms with Crippen LogP contribution in [0.15, 0.2) is 53.7 Å². The Kier molecular flexibility index (Phi) is 5.42. The fraction of sp³-hybridized carbons (Fsp3) is 0.217. The predicted octanol–water partition coefficient (Wildman–Crippen LogP) is 5.13. The van der Waals surface area contributed by atoms with Gasteiger partial charge >= 0.3 is 0 Å². The van der Waals surface area contributed by atoms with E-state index in [0.717, 1.165) is 28.2 Å². The average molecular weight is 357 g/mol. The lowest BCUT2D eigenvalue weighted by Gasteiger charge is -2.11. The lowest BCUT2D eigenvalue weighted by Crippen LogP contribution is -2.00. The van der Waals surface area contributed by atoms with Crippen LogP contribution >= 0.6 is 0 Å². The van der Waals surface area contributed by atoms with Crippen molar-refractivity contribution in [3.8, 4) is 11.8 Å².